The molecular formula is C10H13F3N2O. The van der Waals surface area contributed by atoms with E-state index in [2.05, 4.69) is 10.3 Å². The summed E-state index contributed by atoms with van der Waals surface area (Å²) in [6, 6.07) is 3.59. The molecule has 0 aromatic carbocycles. The van der Waals surface area contributed by atoms with Gasteiger partial charge < -0.3 is 10.1 Å². The molecule has 3 nitrogen and oxygen atoms in total. The Bertz CT molecular complexity index is 341. The Labute approximate surface area is 91.6 Å². The molecule has 1 heterocycles. The summed E-state index contributed by atoms with van der Waals surface area (Å²) in [5.41, 5.74) is -0.943. The van der Waals surface area contributed by atoms with E-state index in [-0.39, 0.29) is 12.0 Å². The van der Waals surface area contributed by atoms with Crippen molar-refractivity contribution in [2.24, 2.45) is 0 Å². The third-order valence-electron chi connectivity index (χ3n) is 1.83. The fourth-order valence-corrected chi connectivity index (χ4v) is 1.17. The van der Waals surface area contributed by atoms with Crippen LogP contribution in [0.3, 0.4) is 0 Å². The highest BCUT2D eigenvalue weighted by atomic mass is 19.4. The second-order valence-electron chi connectivity index (χ2n) is 3.34. The van der Waals surface area contributed by atoms with Crippen LogP contribution in [0.2, 0.25) is 0 Å². The molecule has 0 radical (unpaired) electrons. The first-order valence-corrected chi connectivity index (χ1v) is 4.79. The van der Waals surface area contributed by atoms with Gasteiger partial charge in [0.1, 0.15) is 11.8 Å². The molecule has 16 heavy (non-hydrogen) atoms. The van der Waals surface area contributed by atoms with Gasteiger partial charge in [-0.25, -0.2) is 4.98 Å². The van der Waals surface area contributed by atoms with E-state index in [1.165, 1.54) is 12.1 Å². The Balaban J connectivity index is 2.75. The minimum absolute atomic E-state index is 0.0161. The third-order valence-corrected chi connectivity index (χ3v) is 1.83. The quantitative estimate of drug-likeness (QED) is 0.866. The van der Waals surface area contributed by atoms with E-state index in [0.29, 0.717) is 6.54 Å². The first kappa shape index (κ1) is 12.8. The zero-order chi connectivity index (χ0) is 12.2. The molecule has 1 unspecified atom stereocenters. The molecule has 0 spiro atoms. The number of likely N-dealkylation sites (N-methyl/N-ethyl adjacent to an activating group) is 1. The van der Waals surface area contributed by atoms with Crippen LogP contribution in [-0.4, -0.2) is 24.7 Å². The maximum atomic E-state index is 12.3. The molecule has 1 aromatic rings. The zero-order valence-corrected chi connectivity index (χ0v) is 9.01. The lowest BCUT2D eigenvalue weighted by molar-refractivity contribution is -0.141. The lowest BCUT2D eigenvalue weighted by Gasteiger charge is -2.14. The summed E-state index contributed by atoms with van der Waals surface area (Å²) >= 11 is 0. The van der Waals surface area contributed by atoms with E-state index in [9.17, 15) is 13.2 Å². The molecule has 0 saturated carbocycles. The standard InChI is InChI=1S/C10H13F3N2O/c1-7(6-14-2)16-9-5-3-4-8(15-9)10(11,12)13/h3-5,7,14H,6H2,1-2H3. The highest BCUT2D eigenvalue weighted by Gasteiger charge is 2.32. The maximum absolute atomic E-state index is 12.3. The van der Waals surface area contributed by atoms with Crippen molar-refractivity contribution in [1.29, 1.82) is 0 Å². The Kier molecular flexibility index (Phi) is 4.12. The van der Waals surface area contributed by atoms with Crippen LogP contribution in [-0.2, 0) is 6.18 Å². The van der Waals surface area contributed by atoms with Gasteiger partial charge >= 0.3 is 6.18 Å². The molecule has 0 aliphatic rings. The SMILES string of the molecule is CNCC(C)Oc1cccc(C(F)(F)F)n1. The molecule has 1 aromatic heterocycles. The van der Waals surface area contributed by atoms with Crippen LogP contribution in [0, 0.1) is 0 Å². The summed E-state index contributed by atoms with van der Waals surface area (Å²) < 4.78 is 42.2. The Morgan fingerprint density at radius 2 is 2.12 bits per heavy atom. The third kappa shape index (κ3) is 3.69. The van der Waals surface area contributed by atoms with Crippen molar-refractivity contribution in [2.75, 3.05) is 13.6 Å². The zero-order valence-electron chi connectivity index (χ0n) is 9.01. The molecule has 0 fully saturated rings. The number of hydrogen-bond acceptors (Lipinski definition) is 3. The number of nitrogens with zero attached hydrogens (tertiary/aromatic N) is 1. The van der Waals surface area contributed by atoms with Crippen LogP contribution < -0.4 is 10.1 Å². The van der Waals surface area contributed by atoms with Gasteiger partial charge in [0.25, 0.3) is 0 Å². The lowest BCUT2D eigenvalue weighted by atomic mass is 10.3. The summed E-state index contributed by atoms with van der Waals surface area (Å²) in [5, 5.41) is 2.86. The highest BCUT2D eigenvalue weighted by Crippen LogP contribution is 2.28. The van der Waals surface area contributed by atoms with E-state index in [1.54, 1.807) is 14.0 Å². The van der Waals surface area contributed by atoms with Gasteiger partial charge in [-0.2, -0.15) is 13.2 Å². The van der Waals surface area contributed by atoms with Gasteiger partial charge in [-0.3, -0.25) is 0 Å². The van der Waals surface area contributed by atoms with Gasteiger partial charge in [-0.15, -0.1) is 0 Å². The summed E-state index contributed by atoms with van der Waals surface area (Å²) in [4.78, 5) is 3.39. The number of aromatic nitrogens is 1. The molecule has 90 valence electrons. The van der Waals surface area contributed by atoms with Crippen molar-refractivity contribution in [3.8, 4) is 5.88 Å². The minimum atomic E-state index is -4.44. The molecule has 1 atom stereocenters. The van der Waals surface area contributed by atoms with Crippen molar-refractivity contribution in [2.45, 2.75) is 19.2 Å². The van der Waals surface area contributed by atoms with Gasteiger partial charge in [-0.05, 0) is 20.0 Å². The second kappa shape index (κ2) is 5.16. The van der Waals surface area contributed by atoms with Crippen LogP contribution in [0.4, 0.5) is 13.2 Å². The Morgan fingerprint density at radius 3 is 2.69 bits per heavy atom. The van der Waals surface area contributed by atoms with E-state index in [4.69, 9.17) is 4.74 Å². The normalized spacial score (nSPS) is 13.6. The highest BCUT2D eigenvalue weighted by molar-refractivity contribution is 5.17. The Morgan fingerprint density at radius 1 is 1.44 bits per heavy atom. The number of pyridine rings is 1. The fraction of sp³-hybridized carbons (Fsp3) is 0.500. The van der Waals surface area contributed by atoms with Crippen LogP contribution in [0.5, 0.6) is 5.88 Å². The average molecular weight is 234 g/mol. The molecule has 0 aliphatic heterocycles. The molecule has 1 N–H and O–H groups in total. The lowest BCUT2D eigenvalue weighted by Crippen LogP contribution is -2.26. The van der Waals surface area contributed by atoms with Gasteiger partial charge in [0, 0.05) is 12.6 Å². The van der Waals surface area contributed by atoms with Gasteiger partial charge in [0.05, 0.1) is 0 Å². The largest absolute Gasteiger partial charge is 0.473 e. The fourth-order valence-electron chi connectivity index (χ4n) is 1.17. The number of ether oxygens (including phenoxy) is 1. The number of nitrogens with one attached hydrogen (secondary N) is 1. The van der Waals surface area contributed by atoms with Crippen molar-refractivity contribution in [1.82, 2.24) is 10.3 Å². The van der Waals surface area contributed by atoms with Crippen molar-refractivity contribution in [3.05, 3.63) is 23.9 Å². The molecule has 0 bridgehead atoms. The van der Waals surface area contributed by atoms with Gasteiger partial charge in [0.2, 0.25) is 5.88 Å². The van der Waals surface area contributed by atoms with Crippen LogP contribution >= 0.6 is 0 Å². The summed E-state index contributed by atoms with van der Waals surface area (Å²) in [5.74, 6) is -0.0161. The average Bonchev–Trinajstić information content (AvgIpc) is 2.17. The molecule has 1 rings (SSSR count). The predicted molar refractivity (Wildman–Crippen MR) is 53.3 cm³/mol. The molecular weight excluding hydrogens is 221 g/mol. The smallest absolute Gasteiger partial charge is 0.433 e. The van der Waals surface area contributed by atoms with E-state index in [1.807, 2.05) is 0 Å². The van der Waals surface area contributed by atoms with Crippen molar-refractivity contribution in [3.63, 3.8) is 0 Å². The first-order valence-electron chi connectivity index (χ1n) is 4.79. The number of hydrogen-bond donors (Lipinski definition) is 1. The Hall–Kier alpha value is -1.30. The van der Waals surface area contributed by atoms with Crippen LogP contribution in [0.25, 0.3) is 0 Å². The monoisotopic (exact) mass is 234 g/mol. The molecule has 0 amide bonds. The molecule has 6 heteroatoms. The second-order valence-corrected chi connectivity index (χ2v) is 3.34. The maximum Gasteiger partial charge on any atom is 0.433 e. The first-order chi connectivity index (χ1) is 7.43. The molecule has 0 aliphatic carbocycles. The summed E-state index contributed by atoms with van der Waals surface area (Å²) in [6.45, 7) is 2.29. The number of rotatable bonds is 4. The van der Waals surface area contributed by atoms with E-state index in [0.717, 1.165) is 6.07 Å². The predicted octanol–water partition coefficient (Wildman–Crippen LogP) is 2.09. The van der Waals surface area contributed by atoms with E-state index < -0.39 is 11.9 Å². The van der Waals surface area contributed by atoms with Crippen molar-refractivity contribution >= 4 is 0 Å². The number of halogens is 3. The van der Waals surface area contributed by atoms with Gasteiger partial charge in [0.15, 0.2) is 0 Å². The summed E-state index contributed by atoms with van der Waals surface area (Å²) in [7, 11) is 1.74. The van der Waals surface area contributed by atoms with Crippen LogP contribution in [0.1, 0.15) is 12.6 Å². The number of alkyl halides is 3. The molecule has 0 saturated heterocycles. The summed E-state index contributed by atoms with van der Waals surface area (Å²) in [6.07, 6.45) is -4.67. The van der Waals surface area contributed by atoms with E-state index >= 15 is 0 Å². The van der Waals surface area contributed by atoms with Gasteiger partial charge in [-0.1, -0.05) is 6.07 Å². The van der Waals surface area contributed by atoms with Crippen molar-refractivity contribution < 1.29 is 17.9 Å². The van der Waals surface area contributed by atoms with Crippen LogP contribution in [0.15, 0.2) is 18.2 Å². The topological polar surface area (TPSA) is 34.1 Å². The minimum Gasteiger partial charge on any atom is -0.473 e.